The maximum absolute atomic E-state index is 13.7. The van der Waals surface area contributed by atoms with E-state index in [1.807, 2.05) is 67.5 Å². The Morgan fingerprint density at radius 2 is 1.84 bits per heavy atom. The van der Waals surface area contributed by atoms with Crippen LogP contribution in [0, 0.1) is 0 Å². The molecule has 0 bridgehead atoms. The average molecular weight is 520 g/mol. The maximum atomic E-state index is 13.7. The standard InChI is InChI=1S/C29H33N3O4S/c1-31(2)22-12-8-9-13-23(22)35-26-17-24(36-30-26)28(33)27-21-15-14-20(16-25(21)37-29(27)32(3)4)34-18-19-10-6-5-7-11-19/h5-7,10-11,14-17,22-23H,8-9,12-13,18H2,1-4H3. The van der Waals surface area contributed by atoms with Crippen LogP contribution in [-0.4, -0.2) is 56.2 Å². The minimum atomic E-state index is -0.206. The fourth-order valence-corrected chi connectivity index (χ4v) is 6.09. The van der Waals surface area contributed by atoms with E-state index in [0.29, 0.717) is 24.1 Å². The Balaban J connectivity index is 1.38. The quantitative estimate of drug-likeness (QED) is 0.251. The molecular weight excluding hydrogens is 486 g/mol. The molecule has 2 unspecified atom stereocenters. The molecule has 8 heteroatoms. The van der Waals surface area contributed by atoms with E-state index in [2.05, 4.69) is 24.2 Å². The number of hydrogen-bond acceptors (Lipinski definition) is 8. The van der Waals surface area contributed by atoms with Gasteiger partial charge in [0.15, 0.2) is 0 Å². The van der Waals surface area contributed by atoms with Gasteiger partial charge in [0.05, 0.1) is 11.6 Å². The van der Waals surface area contributed by atoms with Gasteiger partial charge >= 0.3 is 0 Å². The molecule has 1 fully saturated rings. The van der Waals surface area contributed by atoms with E-state index in [4.69, 9.17) is 14.0 Å². The average Bonchev–Trinajstić information content (AvgIpc) is 3.52. The van der Waals surface area contributed by atoms with Gasteiger partial charge in [-0.3, -0.25) is 4.79 Å². The van der Waals surface area contributed by atoms with Crippen molar-refractivity contribution in [1.29, 1.82) is 0 Å². The number of benzene rings is 2. The van der Waals surface area contributed by atoms with Crippen LogP contribution in [0.3, 0.4) is 0 Å². The molecule has 4 aromatic rings. The van der Waals surface area contributed by atoms with Crippen LogP contribution in [-0.2, 0) is 6.61 Å². The highest BCUT2D eigenvalue weighted by molar-refractivity contribution is 7.23. The van der Waals surface area contributed by atoms with Crippen molar-refractivity contribution in [1.82, 2.24) is 10.1 Å². The summed E-state index contributed by atoms with van der Waals surface area (Å²) in [5, 5.41) is 5.82. The number of carbonyl (C=O) groups is 1. The molecule has 2 atom stereocenters. The number of aromatic nitrogens is 1. The molecule has 0 saturated heterocycles. The number of likely N-dealkylation sites (N-methyl/N-ethyl adjacent to an activating group) is 1. The molecule has 1 saturated carbocycles. The second-order valence-corrected chi connectivity index (χ2v) is 11.0. The zero-order valence-electron chi connectivity index (χ0n) is 21.8. The van der Waals surface area contributed by atoms with E-state index in [9.17, 15) is 4.79 Å². The van der Waals surface area contributed by atoms with E-state index in [0.717, 1.165) is 45.7 Å². The number of fused-ring (bicyclic) bond motifs is 1. The second-order valence-electron chi connectivity index (χ2n) is 9.94. The number of rotatable bonds is 9. The minimum absolute atomic E-state index is 0.0328. The largest absolute Gasteiger partial charge is 0.489 e. The SMILES string of the molecule is CN(C)c1sc2cc(OCc3ccccc3)ccc2c1C(=O)c1cc(OC2CCCCC2N(C)C)no1. The highest BCUT2D eigenvalue weighted by Gasteiger charge is 2.30. The van der Waals surface area contributed by atoms with Gasteiger partial charge in [-0.2, -0.15) is 0 Å². The van der Waals surface area contributed by atoms with Crippen LogP contribution < -0.4 is 14.4 Å². The van der Waals surface area contributed by atoms with Crippen molar-refractivity contribution in [3.05, 3.63) is 71.5 Å². The van der Waals surface area contributed by atoms with Crippen molar-refractivity contribution in [2.24, 2.45) is 0 Å². The number of carbonyl (C=O) groups excluding carboxylic acids is 1. The number of anilines is 1. The number of hydrogen-bond donors (Lipinski definition) is 0. The smallest absolute Gasteiger partial charge is 0.255 e. The molecule has 0 N–H and O–H groups in total. The number of thiophene rings is 1. The molecule has 1 aliphatic carbocycles. The summed E-state index contributed by atoms with van der Waals surface area (Å²) in [5.41, 5.74) is 1.71. The summed E-state index contributed by atoms with van der Waals surface area (Å²) in [4.78, 5) is 17.8. The topological polar surface area (TPSA) is 68.0 Å². The molecule has 7 nitrogen and oxygen atoms in total. The summed E-state index contributed by atoms with van der Waals surface area (Å²) >= 11 is 1.56. The van der Waals surface area contributed by atoms with Gasteiger partial charge < -0.3 is 23.8 Å². The molecule has 0 aliphatic heterocycles. The van der Waals surface area contributed by atoms with E-state index in [-0.39, 0.29) is 17.6 Å². The lowest BCUT2D eigenvalue weighted by atomic mass is 9.92. The lowest BCUT2D eigenvalue weighted by molar-refractivity contribution is 0.0561. The summed E-state index contributed by atoms with van der Waals surface area (Å²) in [6.07, 6.45) is 4.41. The summed E-state index contributed by atoms with van der Waals surface area (Å²) in [7, 11) is 8.03. The number of ether oxygens (including phenoxy) is 2. The Morgan fingerprint density at radius 3 is 2.59 bits per heavy atom. The Kier molecular flexibility index (Phi) is 7.48. The van der Waals surface area contributed by atoms with E-state index >= 15 is 0 Å². The Hall–Kier alpha value is -3.36. The Morgan fingerprint density at radius 1 is 1.05 bits per heavy atom. The predicted octanol–water partition coefficient (Wildman–Crippen LogP) is 6.02. The van der Waals surface area contributed by atoms with Crippen LogP contribution in [0.25, 0.3) is 10.1 Å². The molecule has 0 spiro atoms. The Labute approximate surface area is 221 Å². The molecule has 37 heavy (non-hydrogen) atoms. The summed E-state index contributed by atoms with van der Waals surface area (Å²) in [6.45, 7) is 0.487. The lowest BCUT2D eigenvalue weighted by Crippen LogP contribution is -2.44. The van der Waals surface area contributed by atoms with Gasteiger partial charge in [0, 0.05) is 30.2 Å². The van der Waals surface area contributed by atoms with E-state index in [1.165, 1.54) is 6.42 Å². The van der Waals surface area contributed by atoms with Crippen LogP contribution in [0.1, 0.15) is 47.4 Å². The molecule has 5 rings (SSSR count). The van der Waals surface area contributed by atoms with Crippen molar-refractivity contribution in [2.45, 2.75) is 44.4 Å². The summed E-state index contributed by atoms with van der Waals surface area (Å²) < 4.78 is 18.7. The first-order valence-corrected chi connectivity index (χ1v) is 13.5. The first kappa shape index (κ1) is 25.3. The van der Waals surface area contributed by atoms with Crippen molar-refractivity contribution in [3.8, 4) is 11.6 Å². The van der Waals surface area contributed by atoms with Crippen molar-refractivity contribution in [3.63, 3.8) is 0 Å². The third-order valence-corrected chi connectivity index (χ3v) is 8.16. The molecule has 2 heterocycles. The molecule has 194 valence electrons. The van der Waals surface area contributed by atoms with E-state index in [1.54, 1.807) is 17.4 Å². The summed E-state index contributed by atoms with van der Waals surface area (Å²) in [5.74, 6) is 1.10. The highest BCUT2D eigenvalue weighted by Crippen LogP contribution is 2.40. The van der Waals surface area contributed by atoms with Crippen LogP contribution in [0.15, 0.2) is 59.1 Å². The number of nitrogens with zero attached hydrogens (tertiary/aromatic N) is 3. The van der Waals surface area contributed by atoms with Crippen molar-refractivity contribution < 1.29 is 18.8 Å². The zero-order chi connectivity index (χ0) is 25.9. The van der Waals surface area contributed by atoms with Crippen LogP contribution in [0.4, 0.5) is 5.00 Å². The predicted molar refractivity (Wildman–Crippen MR) is 147 cm³/mol. The first-order chi connectivity index (χ1) is 17.9. The van der Waals surface area contributed by atoms with Crippen molar-refractivity contribution >= 4 is 32.2 Å². The fourth-order valence-electron chi connectivity index (χ4n) is 4.93. The van der Waals surface area contributed by atoms with Gasteiger partial charge in [-0.05, 0) is 62.3 Å². The fraction of sp³-hybridized carbons (Fsp3) is 0.379. The highest BCUT2D eigenvalue weighted by atomic mass is 32.1. The van der Waals surface area contributed by atoms with Crippen molar-refractivity contribution in [2.75, 3.05) is 33.1 Å². The molecule has 2 aromatic heterocycles. The van der Waals surface area contributed by atoms with Gasteiger partial charge in [-0.15, -0.1) is 11.3 Å². The molecule has 0 amide bonds. The normalized spacial score (nSPS) is 17.8. The molecule has 1 aliphatic rings. The Bertz CT molecular complexity index is 1360. The zero-order valence-corrected chi connectivity index (χ0v) is 22.6. The summed E-state index contributed by atoms with van der Waals surface area (Å²) in [6, 6.07) is 17.9. The lowest BCUT2D eigenvalue weighted by Gasteiger charge is -2.35. The van der Waals surface area contributed by atoms with Crippen LogP contribution in [0.5, 0.6) is 11.6 Å². The van der Waals surface area contributed by atoms with Gasteiger partial charge in [0.25, 0.3) is 5.88 Å². The van der Waals surface area contributed by atoms with Gasteiger partial charge in [-0.25, -0.2) is 0 Å². The number of ketones is 1. The van der Waals surface area contributed by atoms with Gasteiger partial charge in [0.1, 0.15) is 23.5 Å². The van der Waals surface area contributed by atoms with Gasteiger partial charge in [0.2, 0.25) is 11.5 Å². The molecular formula is C29H33N3O4S. The van der Waals surface area contributed by atoms with Gasteiger partial charge in [-0.1, -0.05) is 36.8 Å². The van der Waals surface area contributed by atoms with Crippen LogP contribution in [0.2, 0.25) is 0 Å². The van der Waals surface area contributed by atoms with E-state index < -0.39 is 0 Å². The third kappa shape index (κ3) is 5.50. The molecule has 0 radical (unpaired) electrons. The minimum Gasteiger partial charge on any atom is -0.489 e. The second kappa shape index (κ2) is 10.9. The van der Waals surface area contributed by atoms with Crippen LogP contribution >= 0.6 is 11.3 Å². The molecule has 2 aromatic carbocycles. The first-order valence-electron chi connectivity index (χ1n) is 12.7. The third-order valence-electron chi connectivity index (χ3n) is 6.84. The maximum Gasteiger partial charge on any atom is 0.255 e. The monoisotopic (exact) mass is 519 g/mol.